The average molecular weight is 228 g/mol. The lowest BCUT2D eigenvalue weighted by atomic mass is 9.99. The van der Waals surface area contributed by atoms with E-state index >= 15 is 0 Å². The van der Waals surface area contributed by atoms with Crippen molar-refractivity contribution >= 4 is 0 Å². The summed E-state index contributed by atoms with van der Waals surface area (Å²) in [6, 6.07) is 17.9. The molecule has 0 aliphatic rings. The van der Waals surface area contributed by atoms with Crippen LogP contribution in [0.3, 0.4) is 0 Å². The monoisotopic (exact) mass is 228 g/mol. The van der Waals surface area contributed by atoms with E-state index in [-0.39, 0.29) is 6.04 Å². The molecular formula is C14H16N2O. The molecule has 88 valence electrons. The Hall–Kier alpha value is -1.84. The standard InChI is InChI=1S/C14H16N2O/c1-17-13-9-5-8-12(10-13)14(16-15)11-6-3-2-4-7-11/h2-10,14,16H,15H2,1H3. The summed E-state index contributed by atoms with van der Waals surface area (Å²) >= 11 is 0. The molecule has 0 radical (unpaired) electrons. The van der Waals surface area contributed by atoms with E-state index in [1.165, 1.54) is 0 Å². The Morgan fingerprint density at radius 1 is 1.00 bits per heavy atom. The first-order valence-corrected chi connectivity index (χ1v) is 5.50. The molecule has 0 bridgehead atoms. The summed E-state index contributed by atoms with van der Waals surface area (Å²) in [5.74, 6) is 6.47. The Kier molecular flexibility index (Phi) is 3.75. The third-order valence-electron chi connectivity index (χ3n) is 2.73. The number of hydrazine groups is 1. The van der Waals surface area contributed by atoms with Crippen LogP contribution in [0.4, 0.5) is 0 Å². The summed E-state index contributed by atoms with van der Waals surface area (Å²) < 4.78 is 5.22. The summed E-state index contributed by atoms with van der Waals surface area (Å²) in [4.78, 5) is 0. The molecule has 0 saturated carbocycles. The summed E-state index contributed by atoms with van der Waals surface area (Å²) in [5.41, 5.74) is 5.04. The number of nitrogens with one attached hydrogen (secondary N) is 1. The predicted octanol–water partition coefficient (Wildman–Crippen LogP) is 2.25. The summed E-state index contributed by atoms with van der Waals surface area (Å²) in [7, 11) is 1.66. The number of nitrogens with two attached hydrogens (primary N) is 1. The van der Waals surface area contributed by atoms with Crippen LogP contribution < -0.4 is 16.0 Å². The van der Waals surface area contributed by atoms with E-state index in [2.05, 4.69) is 5.43 Å². The average Bonchev–Trinajstić information content (AvgIpc) is 2.41. The van der Waals surface area contributed by atoms with Gasteiger partial charge in [-0.05, 0) is 23.3 Å². The molecule has 0 spiro atoms. The molecule has 2 rings (SSSR count). The Balaban J connectivity index is 2.35. The van der Waals surface area contributed by atoms with E-state index in [0.717, 1.165) is 16.9 Å². The van der Waals surface area contributed by atoms with Crippen LogP contribution >= 0.6 is 0 Å². The van der Waals surface area contributed by atoms with Gasteiger partial charge >= 0.3 is 0 Å². The maximum absolute atomic E-state index is 5.64. The topological polar surface area (TPSA) is 47.3 Å². The van der Waals surface area contributed by atoms with Gasteiger partial charge in [0.2, 0.25) is 0 Å². The van der Waals surface area contributed by atoms with Gasteiger partial charge in [-0.3, -0.25) is 5.84 Å². The zero-order chi connectivity index (χ0) is 12.1. The molecule has 0 saturated heterocycles. The van der Waals surface area contributed by atoms with Gasteiger partial charge in [0.05, 0.1) is 13.2 Å². The highest BCUT2D eigenvalue weighted by Gasteiger charge is 2.12. The number of ether oxygens (including phenoxy) is 1. The van der Waals surface area contributed by atoms with Crippen molar-refractivity contribution < 1.29 is 4.74 Å². The van der Waals surface area contributed by atoms with Crippen LogP contribution in [0.5, 0.6) is 5.75 Å². The molecule has 1 atom stereocenters. The third-order valence-corrected chi connectivity index (χ3v) is 2.73. The van der Waals surface area contributed by atoms with Gasteiger partial charge in [0.15, 0.2) is 0 Å². The van der Waals surface area contributed by atoms with Crippen LogP contribution in [0.25, 0.3) is 0 Å². The van der Waals surface area contributed by atoms with Crippen molar-refractivity contribution in [3.05, 3.63) is 65.7 Å². The Morgan fingerprint density at radius 2 is 1.71 bits per heavy atom. The fraction of sp³-hybridized carbons (Fsp3) is 0.143. The maximum Gasteiger partial charge on any atom is 0.119 e. The van der Waals surface area contributed by atoms with E-state index in [1.54, 1.807) is 7.11 Å². The predicted molar refractivity (Wildman–Crippen MR) is 68.6 cm³/mol. The van der Waals surface area contributed by atoms with Gasteiger partial charge in [0.25, 0.3) is 0 Å². The number of rotatable bonds is 4. The first-order valence-electron chi connectivity index (χ1n) is 5.50. The normalized spacial score (nSPS) is 12.1. The van der Waals surface area contributed by atoms with Crippen molar-refractivity contribution in [3.8, 4) is 5.75 Å². The van der Waals surface area contributed by atoms with Crippen LogP contribution in [0.1, 0.15) is 17.2 Å². The second kappa shape index (κ2) is 5.48. The van der Waals surface area contributed by atoms with E-state index in [4.69, 9.17) is 10.6 Å². The van der Waals surface area contributed by atoms with Crippen molar-refractivity contribution in [2.75, 3.05) is 7.11 Å². The van der Waals surface area contributed by atoms with Gasteiger partial charge in [0.1, 0.15) is 5.75 Å². The van der Waals surface area contributed by atoms with Gasteiger partial charge in [-0.1, -0.05) is 42.5 Å². The van der Waals surface area contributed by atoms with Crippen LogP contribution in [-0.4, -0.2) is 7.11 Å². The van der Waals surface area contributed by atoms with Crippen molar-refractivity contribution in [3.63, 3.8) is 0 Å². The maximum atomic E-state index is 5.64. The van der Waals surface area contributed by atoms with Crippen molar-refractivity contribution in [1.29, 1.82) is 0 Å². The molecule has 0 amide bonds. The zero-order valence-corrected chi connectivity index (χ0v) is 9.76. The van der Waals surface area contributed by atoms with Crippen molar-refractivity contribution in [2.45, 2.75) is 6.04 Å². The summed E-state index contributed by atoms with van der Waals surface area (Å²) in [5, 5.41) is 0. The van der Waals surface area contributed by atoms with E-state index in [1.807, 2.05) is 54.6 Å². The highest BCUT2D eigenvalue weighted by Crippen LogP contribution is 2.24. The van der Waals surface area contributed by atoms with Crippen LogP contribution in [0, 0.1) is 0 Å². The number of hydrogen-bond acceptors (Lipinski definition) is 3. The Labute approximate surface area is 101 Å². The molecule has 3 heteroatoms. The second-order valence-electron chi connectivity index (χ2n) is 3.79. The molecule has 0 fully saturated rings. The molecular weight excluding hydrogens is 212 g/mol. The van der Waals surface area contributed by atoms with E-state index in [0.29, 0.717) is 0 Å². The molecule has 3 nitrogen and oxygen atoms in total. The van der Waals surface area contributed by atoms with Crippen molar-refractivity contribution in [2.24, 2.45) is 5.84 Å². The highest BCUT2D eigenvalue weighted by atomic mass is 16.5. The quantitative estimate of drug-likeness (QED) is 0.623. The molecule has 0 aliphatic heterocycles. The fourth-order valence-corrected chi connectivity index (χ4v) is 1.85. The first kappa shape index (κ1) is 11.6. The minimum atomic E-state index is -0.0219. The Morgan fingerprint density at radius 3 is 2.35 bits per heavy atom. The highest BCUT2D eigenvalue weighted by molar-refractivity contribution is 5.36. The van der Waals surface area contributed by atoms with Crippen LogP contribution in [0.15, 0.2) is 54.6 Å². The second-order valence-corrected chi connectivity index (χ2v) is 3.79. The van der Waals surface area contributed by atoms with E-state index < -0.39 is 0 Å². The lowest BCUT2D eigenvalue weighted by molar-refractivity contribution is 0.413. The van der Waals surface area contributed by atoms with Gasteiger partial charge in [-0.2, -0.15) is 0 Å². The number of methoxy groups -OCH3 is 1. The lowest BCUT2D eigenvalue weighted by Crippen LogP contribution is -2.28. The molecule has 0 aliphatic carbocycles. The summed E-state index contributed by atoms with van der Waals surface area (Å²) in [6.07, 6.45) is 0. The minimum absolute atomic E-state index is 0.0219. The SMILES string of the molecule is COc1cccc(C(NN)c2ccccc2)c1. The molecule has 0 aromatic heterocycles. The van der Waals surface area contributed by atoms with Crippen LogP contribution in [-0.2, 0) is 0 Å². The summed E-state index contributed by atoms with van der Waals surface area (Å²) in [6.45, 7) is 0. The first-order chi connectivity index (χ1) is 8.35. The Bertz CT molecular complexity index is 471. The minimum Gasteiger partial charge on any atom is -0.497 e. The van der Waals surface area contributed by atoms with Gasteiger partial charge in [0, 0.05) is 0 Å². The molecule has 3 N–H and O–H groups in total. The zero-order valence-electron chi connectivity index (χ0n) is 9.76. The van der Waals surface area contributed by atoms with Gasteiger partial charge in [-0.15, -0.1) is 0 Å². The molecule has 2 aromatic rings. The van der Waals surface area contributed by atoms with Crippen LogP contribution in [0.2, 0.25) is 0 Å². The molecule has 0 heterocycles. The number of hydrogen-bond donors (Lipinski definition) is 2. The van der Waals surface area contributed by atoms with Crippen molar-refractivity contribution in [1.82, 2.24) is 5.43 Å². The lowest BCUT2D eigenvalue weighted by Gasteiger charge is -2.17. The molecule has 2 aromatic carbocycles. The fourth-order valence-electron chi connectivity index (χ4n) is 1.85. The molecule has 1 unspecified atom stereocenters. The third kappa shape index (κ3) is 2.64. The van der Waals surface area contributed by atoms with E-state index in [9.17, 15) is 0 Å². The number of benzene rings is 2. The smallest absolute Gasteiger partial charge is 0.119 e. The van der Waals surface area contributed by atoms with Gasteiger partial charge in [-0.25, -0.2) is 5.43 Å². The largest absolute Gasteiger partial charge is 0.497 e. The van der Waals surface area contributed by atoms with Gasteiger partial charge < -0.3 is 4.74 Å². The molecule has 17 heavy (non-hydrogen) atoms.